The lowest BCUT2D eigenvalue weighted by Crippen LogP contribution is -2.46. The number of hydrogen-bond acceptors (Lipinski definition) is 8. The average Bonchev–Trinajstić information content (AvgIpc) is 2.88. The zero-order valence-corrected chi connectivity index (χ0v) is 22.5. The molecule has 0 radical (unpaired) electrons. The fraction of sp³-hybridized carbons (Fsp3) is 0.462. The Morgan fingerprint density at radius 1 is 0.917 bits per heavy atom. The lowest BCUT2D eigenvalue weighted by molar-refractivity contribution is -0.134. The molecule has 9 nitrogen and oxygen atoms in total. The maximum Gasteiger partial charge on any atom is 0.500 e. The molecular formula is C26H37NO8Si. The molecule has 0 aliphatic heterocycles. The molecule has 2 aromatic carbocycles. The molecule has 0 atom stereocenters. The van der Waals surface area contributed by atoms with Crippen molar-refractivity contribution >= 4 is 37.7 Å². The predicted octanol–water partition coefficient (Wildman–Crippen LogP) is 4.57. The van der Waals surface area contributed by atoms with E-state index in [0.717, 1.165) is 16.3 Å². The average molecular weight is 520 g/mol. The first-order chi connectivity index (χ1) is 17.5. The van der Waals surface area contributed by atoms with Gasteiger partial charge in [-0.2, -0.15) is 0 Å². The second-order valence-electron chi connectivity index (χ2n) is 7.55. The Bertz CT molecular complexity index is 980. The van der Waals surface area contributed by atoms with Crippen molar-refractivity contribution in [1.29, 1.82) is 0 Å². The van der Waals surface area contributed by atoms with Crippen LogP contribution < -0.4 is 10.1 Å². The number of hydrogen-bond donors (Lipinski definition) is 1. The maximum atomic E-state index is 12.0. The molecule has 1 amide bonds. The van der Waals surface area contributed by atoms with Crippen LogP contribution in [0.4, 0.5) is 4.79 Å². The van der Waals surface area contributed by atoms with Gasteiger partial charge in [0.25, 0.3) is 0 Å². The van der Waals surface area contributed by atoms with Crippen LogP contribution in [-0.4, -0.2) is 67.6 Å². The van der Waals surface area contributed by atoms with Gasteiger partial charge in [-0.25, -0.2) is 9.59 Å². The van der Waals surface area contributed by atoms with Crippen LogP contribution >= 0.6 is 0 Å². The zero-order chi connectivity index (χ0) is 26.2. The van der Waals surface area contributed by atoms with Crippen molar-refractivity contribution in [3.63, 3.8) is 0 Å². The van der Waals surface area contributed by atoms with Gasteiger partial charge in [-0.15, -0.1) is 0 Å². The van der Waals surface area contributed by atoms with Crippen LogP contribution in [0.2, 0.25) is 6.04 Å². The van der Waals surface area contributed by atoms with E-state index in [-0.39, 0.29) is 13.2 Å². The molecule has 10 heteroatoms. The van der Waals surface area contributed by atoms with Gasteiger partial charge < -0.3 is 32.8 Å². The van der Waals surface area contributed by atoms with Gasteiger partial charge in [-0.05, 0) is 50.3 Å². The first-order valence-corrected chi connectivity index (χ1v) is 14.1. The first kappa shape index (κ1) is 29.3. The van der Waals surface area contributed by atoms with Crippen LogP contribution in [-0.2, 0) is 27.5 Å². The number of amides is 1. The van der Waals surface area contributed by atoms with Gasteiger partial charge in [0.05, 0.1) is 7.11 Å². The minimum absolute atomic E-state index is 0.0969. The number of alkyl carbamates (subject to hydrolysis) is 1. The lowest BCUT2D eigenvalue weighted by Gasteiger charge is -2.28. The largest absolute Gasteiger partial charge is 0.500 e. The number of esters is 1. The summed E-state index contributed by atoms with van der Waals surface area (Å²) < 4.78 is 33.2. The smallest absolute Gasteiger partial charge is 0.489 e. The van der Waals surface area contributed by atoms with Crippen LogP contribution in [0.3, 0.4) is 0 Å². The highest BCUT2D eigenvalue weighted by Crippen LogP contribution is 2.29. The van der Waals surface area contributed by atoms with E-state index in [1.807, 2.05) is 57.2 Å². The number of ether oxygens (including phenoxy) is 3. The standard InChI is InChI=1S/C26H37NO8Si/c1-5-33-36(34-6-2,35-7-3)20-10-17-27-26(29)32-19-18-31-24-15-13-21(14-16-25(28)30-4)22-11-8-9-12-23(22)24/h8-9,11-16H,5-7,10,17-20H2,1-4H3,(H,27,29)/b16-14+. The van der Waals surface area contributed by atoms with Crippen LogP contribution in [0, 0.1) is 0 Å². The molecule has 0 heterocycles. The number of nitrogens with one attached hydrogen (secondary N) is 1. The third kappa shape index (κ3) is 9.27. The second kappa shape index (κ2) is 15.9. The molecule has 1 N–H and O–H groups in total. The SMILES string of the molecule is CCO[Si](CCCNC(=O)OCCOc1ccc(/C=C/C(=O)OC)c2ccccc12)(OCC)OCC. The van der Waals surface area contributed by atoms with Crippen molar-refractivity contribution in [2.24, 2.45) is 0 Å². The van der Waals surface area contributed by atoms with Crippen LogP contribution in [0.25, 0.3) is 16.8 Å². The summed E-state index contributed by atoms with van der Waals surface area (Å²) in [7, 11) is -1.38. The molecule has 198 valence electrons. The molecular weight excluding hydrogens is 482 g/mol. The molecule has 0 aliphatic rings. The van der Waals surface area contributed by atoms with Gasteiger partial charge in [-0.3, -0.25) is 0 Å². The monoisotopic (exact) mass is 519 g/mol. The Labute approximate surface area is 214 Å². The topological polar surface area (TPSA) is 102 Å². The third-order valence-corrected chi connectivity index (χ3v) is 8.27. The number of fused-ring (bicyclic) bond motifs is 1. The molecule has 0 unspecified atom stereocenters. The molecule has 2 rings (SSSR count). The van der Waals surface area contributed by atoms with Gasteiger partial charge >= 0.3 is 20.9 Å². The summed E-state index contributed by atoms with van der Waals surface area (Å²) >= 11 is 0. The molecule has 0 fully saturated rings. The van der Waals surface area contributed by atoms with Gasteiger partial charge in [-0.1, -0.05) is 30.3 Å². The molecule has 0 aromatic heterocycles. The van der Waals surface area contributed by atoms with Crippen LogP contribution in [0.5, 0.6) is 5.75 Å². The third-order valence-electron chi connectivity index (χ3n) is 5.11. The van der Waals surface area contributed by atoms with E-state index >= 15 is 0 Å². The summed E-state index contributed by atoms with van der Waals surface area (Å²) in [6.45, 7) is 8.01. The summed E-state index contributed by atoms with van der Waals surface area (Å²) in [5.41, 5.74) is 0.865. The first-order valence-electron chi connectivity index (χ1n) is 12.2. The normalized spacial score (nSPS) is 11.6. The summed E-state index contributed by atoms with van der Waals surface area (Å²) in [6, 6.07) is 12.0. The lowest BCUT2D eigenvalue weighted by atomic mass is 10.0. The summed E-state index contributed by atoms with van der Waals surface area (Å²) in [5.74, 6) is 0.239. The highest BCUT2D eigenvalue weighted by molar-refractivity contribution is 6.60. The Morgan fingerprint density at radius 3 is 2.22 bits per heavy atom. The number of carbonyl (C=O) groups excluding carboxylic acids is 2. The molecule has 0 saturated heterocycles. The van der Waals surface area contributed by atoms with Gasteiger partial charge in [0.2, 0.25) is 0 Å². The van der Waals surface area contributed by atoms with Crippen molar-refractivity contribution in [1.82, 2.24) is 5.32 Å². The van der Waals surface area contributed by atoms with E-state index in [1.165, 1.54) is 13.2 Å². The van der Waals surface area contributed by atoms with Crippen LogP contribution in [0.15, 0.2) is 42.5 Å². The van der Waals surface area contributed by atoms with Gasteiger partial charge in [0.15, 0.2) is 0 Å². The molecule has 0 spiro atoms. The predicted molar refractivity (Wildman–Crippen MR) is 140 cm³/mol. The Morgan fingerprint density at radius 2 is 1.58 bits per heavy atom. The second-order valence-corrected chi connectivity index (χ2v) is 10.3. The number of benzene rings is 2. The number of carbonyl (C=O) groups is 2. The highest BCUT2D eigenvalue weighted by Gasteiger charge is 2.39. The number of rotatable bonds is 16. The molecule has 36 heavy (non-hydrogen) atoms. The molecule has 0 saturated carbocycles. The maximum absolute atomic E-state index is 12.0. The van der Waals surface area contributed by atoms with Crippen molar-refractivity contribution in [2.45, 2.75) is 33.2 Å². The Balaban J connectivity index is 1.80. The number of methoxy groups -OCH3 is 1. The Kier molecular flexibility index (Phi) is 13.0. The molecule has 0 bridgehead atoms. The van der Waals surface area contributed by atoms with E-state index < -0.39 is 20.9 Å². The quantitative estimate of drug-likeness (QED) is 0.149. The summed E-state index contributed by atoms with van der Waals surface area (Å²) in [6.07, 6.45) is 3.22. The van der Waals surface area contributed by atoms with Crippen molar-refractivity contribution in [3.05, 3.63) is 48.0 Å². The van der Waals surface area contributed by atoms with Crippen molar-refractivity contribution < 1.29 is 37.1 Å². The Hall–Kier alpha value is -2.92. The molecule has 2 aromatic rings. The van der Waals surface area contributed by atoms with E-state index in [9.17, 15) is 9.59 Å². The van der Waals surface area contributed by atoms with E-state index in [1.54, 1.807) is 6.08 Å². The minimum Gasteiger partial charge on any atom is -0.489 e. The van der Waals surface area contributed by atoms with Crippen molar-refractivity contribution in [2.75, 3.05) is 46.7 Å². The zero-order valence-electron chi connectivity index (χ0n) is 21.5. The molecule has 0 aliphatic carbocycles. The van der Waals surface area contributed by atoms with E-state index in [0.29, 0.717) is 44.6 Å². The fourth-order valence-electron chi connectivity index (χ4n) is 3.63. The van der Waals surface area contributed by atoms with E-state index in [2.05, 4.69) is 10.1 Å². The van der Waals surface area contributed by atoms with Crippen molar-refractivity contribution in [3.8, 4) is 5.75 Å². The van der Waals surface area contributed by atoms with Gasteiger partial charge in [0, 0.05) is 43.9 Å². The fourth-order valence-corrected chi connectivity index (χ4v) is 6.24. The summed E-state index contributed by atoms with van der Waals surface area (Å²) in [4.78, 5) is 23.5. The van der Waals surface area contributed by atoms with E-state index in [4.69, 9.17) is 22.8 Å². The summed E-state index contributed by atoms with van der Waals surface area (Å²) in [5, 5.41) is 4.56. The highest BCUT2D eigenvalue weighted by atomic mass is 28.4. The van der Waals surface area contributed by atoms with Crippen LogP contribution in [0.1, 0.15) is 32.8 Å². The minimum atomic E-state index is -2.72. The van der Waals surface area contributed by atoms with Gasteiger partial charge in [0.1, 0.15) is 19.0 Å².